The average molecular weight is 358 g/mol. The number of anilines is 1. The van der Waals surface area contributed by atoms with Crippen LogP contribution >= 0.6 is 11.3 Å². The lowest BCUT2D eigenvalue weighted by atomic mass is 10.2. The van der Waals surface area contributed by atoms with Gasteiger partial charge in [-0.25, -0.2) is 0 Å². The van der Waals surface area contributed by atoms with Gasteiger partial charge in [0.05, 0.1) is 19.8 Å². The number of benzene rings is 1. The minimum Gasteiger partial charge on any atom is -0.497 e. The van der Waals surface area contributed by atoms with Gasteiger partial charge in [-0.1, -0.05) is 6.07 Å². The van der Waals surface area contributed by atoms with Gasteiger partial charge in [0.1, 0.15) is 17.2 Å². The number of likely N-dealkylation sites (N-methyl/N-ethyl adjacent to an activating group) is 1. The highest BCUT2D eigenvalue weighted by Crippen LogP contribution is 2.34. The van der Waals surface area contributed by atoms with Crippen molar-refractivity contribution in [2.45, 2.75) is 6.92 Å². The molecule has 25 heavy (non-hydrogen) atoms. The van der Waals surface area contributed by atoms with E-state index in [1.165, 1.54) is 16.2 Å². The maximum absolute atomic E-state index is 12.7. The molecule has 0 saturated carbocycles. The van der Waals surface area contributed by atoms with E-state index >= 15 is 0 Å². The third kappa shape index (κ3) is 3.10. The van der Waals surface area contributed by atoms with Crippen molar-refractivity contribution in [1.82, 2.24) is 4.90 Å². The van der Waals surface area contributed by atoms with Crippen LogP contribution in [0.3, 0.4) is 0 Å². The van der Waals surface area contributed by atoms with Gasteiger partial charge in [-0.05, 0) is 18.4 Å². The fourth-order valence-corrected chi connectivity index (χ4v) is 3.42. The maximum Gasteiger partial charge on any atom is 0.278 e. The molecule has 1 aliphatic rings. The molecule has 2 heterocycles. The van der Waals surface area contributed by atoms with Gasteiger partial charge in [0.2, 0.25) is 0 Å². The molecule has 0 radical (unpaired) electrons. The Morgan fingerprint density at radius 2 is 1.76 bits per heavy atom. The predicted octanol–water partition coefficient (Wildman–Crippen LogP) is 2.98. The summed E-state index contributed by atoms with van der Waals surface area (Å²) in [6.45, 7) is 2.10. The SMILES string of the molecule is CCN1C(=O)C(Nc2cc(OC)cc(OC)c2)=C(c2cccs2)C1=O. The number of rotatable bonds is 6. The van der Waals surface area contributed by atoms with Gasteiger partial charge in [0.15, 0.2) is 0 Å². The van der Waals surface area contributed by atoms with Crippen LogP contribution < -0.4 is 14.8 Å². The van der Waals surface area contributed by atoms with E-state index in [4.69, 9.17) is 9.47 Å². The minimum absolute atomic E-state index is 0.268. The zero-order valence-electron chi connectivity index (χ0n) is 14.2. The molecule has 0 unspecified atom stereocenters. The fraction of sp³-hybridized carbons (Fsp3) is 0.222. The summed E-state index contributed by atoms with van der Waals surface area (Å²) in [6.07, 6.45) is 0. The van der Waals surface area contributed by atoms with Crippen LogP contribution in [0.2, 0.25) is 0 Å². The first-order chi connectivity index (χ1) is 12.1. The number of carbonyl (C=O) groups is 2. The number of nitrogens with one attached hydrogen (secondary N) is 1. The Bertz CT molecular complexity index is 821. The Labute approximate surface area is 149 Å². The molecule has 0 spiro atoms. The van der Waals surface area contributed by atoms with E-state index in [2.05, 4.69) is 5.32 Å². The zero-order valence-corrected chi connectivity index (χ0v) is 15.0. The lowest BCUT2D eigenvalue weighted by molar-refractivity contribution is -0.136. The molecule has 3 rings (SSSR count). The Morgan fingerprint density at radius 3 is 2.28 bits per heavy atom. The third-order valence-corrected chi connectivity index (χ3v) is 4.76. The van der Waals surface area contributed by atoms with E-state index in [1.54, 1.807) is 39.3 Å². The van der Waals surface area contributed by atoms with Crippen molar-refractivity contribution >= 4 is 34.4 Å². The number of amides is 2. The molecule has 0 saturated heterocycles. The largest absolute Gasteiger partial charge is 0.497 e. The number of hydrogen-bond acceptors (Lipinski definition) is 6. The maximum atomic E-state index is 12.7. The summed E-state index contributed by atoms with van der Waals surface area (Å²) in [7, 11) is 3.11. The average Bonchev–Trinajstić information content (AvgIpc) is 3.22. The summed E-state index contributed by atoms with van der Waals surface area (Å²) in [6, 6.07) is 8.91. The van der Waals surface area contributed by atoms with Gasteiger partial charge in [0, 0.05) is 35.3 Å². The summed E-state index contributed by atoms with van der Waals surface area (Å²) in [5.74, 6) is 0.554. The van der Waals surface area contributed by atoms with Gasteiger partial charge in [-0.3, -0.25) is 14.5 Å². The molecule has 0 aliphatic carbocycles. The van der Waals surface area contributed by atoms with Gasteiger partial charge < -0.3 is 14.8 Å². The van der Waals surface area contributed by atoms with Crippen LogP contribution in [-0.2, 0) is 9.59 Å². The van der Waals surface area contributed by atoms with Crippen molar-refractivity contribution < 1.29 is 19.1 Å². The molecule has 7 heteroatoms. The lowest BCUT2D eigenvalue weighted by Gasteiger charge is -2.13. The smallest absolute Gasteiger partial charge is 0.278 e. The highest BCUT2D eigenvalue weighted by atomic mass is 32.1. The number of carbonyl (C=O) groups excluding carboxylic acids is 2. The van der Waals surface area contributed by atoms with E-state index in [0.29, 0.717) is 29.3 Å². The van der Waals surface area contributed by atoms with Crippen molar-refractivity contribution in [3.63, 3.8) is 0 Å². The first-order valence-corrected chi connectivity index (χ1v) is 8.61. The lowest BCUT2D eigenvalue weighted by Crippen LogP contribution is -2.32. The molecule has 0 fully saturated rings. The quantitative estimate of drug-likeness (QED) is 0.804. The van der Waals surface area contributed by atoms with Crippen molar-refractivity contribution in [3.8, 4) is 11.5 Å². The van der Waals surface area contributed by atoms with Crippen LogP contribution in [0.1, 0.15) is 11.8 Å². The molecular weight excluding hydrogens is 340 g/mol. The molecule has 0 atom stereocenters. The Kier molecular flexibility index (Phi) is 4.76. The number of nitrogens with zero attached hydrogens (tertiary/aromatic N) is 1. The van der Waals surface area contributed by atoms with Crippen molar-refractivity contribution in [2.24, 2.45) is 0 Å². The predicted molar refractivity (Wildman–Crippen MR) is 96.8 cm³/mol. The van der Waals surface area contributed by atoms with E-state index in [9.17, 15) is 9.59 Å². The van der Waals surface area contributed by atoms with Crippen molar-refractivity contribution in [2.75, 3.05) is 26.1 Å². The van der Waals surface area contributed by atoms with Gasteiger partial charge in [-0.2, -0.15) is 0 Å². The zero-order chi connectivity index (χ0) is 18.0. The molecule has 6 nitrogen and oxygen atoms in total. The van der Waals surface area contributed by atoms with E-state index in [0.717, 1.165) is 4.88 Å². The van der Waals surface area contributed by atoms with E-state index in [-0.39, 0.29) is 17.5 Å². The van der Waals surface area contributed by atoms with Gasteiger partial charge in [-0.15, -0.1) is 11.3 Å². The van der Waals surface area contributed by atoms with Crippen molar-refractivity contribution in [1.29, 1.82) is 0 Å². The number of ether oxygens (including phenoxy) is 2. The van der Waals surface area contributed by atoms with E-state index in [1.807, 2.05) is 17.5 Å². The molecule has 2 amide bonds. The summed E-state index contributed by atoms with van der Waals surface area (Å²) >= 11 is 1.42. The molecule has 1 aromatic heterocycles. The molecule has 0 bridgehead atoms. The van der Waals surface area contributed by atoms with Crippen LogP contribution in [0.4, 0.5) is 5.69 Å². The van der Waals surface area contributed by atoms with Crippen LogP contribution in [0, 0.1) is 0 Å². The van der Waals surface area contributed by atoms with Gasteiger partial charge >= 0.3 is 0 Å². The standard InChI is InChI=1S/C18H18N2O4S/c1-4-20-17(21)15(14-6-5-7-25-14)16(18(20)22)19-11-8-12(23-2)10-13(9-11)24-3/h5-10,19H,4H2,1-3H3. The highest BCUT2D eigenvalue weighted by molar-refractivity contribution is 7.11. The molecular formula is C18H18N2O4S. The first kappa shape index (κ1) is 17.0. The van der Waals surface area contributed by atoms with Crippen LogP contribution in [0.15, 0.2) is 41.4 Å². The fourth-order valence-electron chi connectivity index (χ4n) is 2.65. The van der Waals surface area contributed by atoms with Crippen LogP contribution in [0.5, 0.6) is 11.5 Å². The highest BCUT2D eigenvalue weighted by Gasteiger charge is 2.38. The Hall–Kier alpha value is -2.80. The summed E-state index contributed by atoms with van der Waals surface area (Å²) in [5, 5.41) is 4.96. The van der Waals surface area contributed by atoms with Crippen molar-refractivity contribution in [3.05, 3.63) is 46.3 Å². The normalized spacial score (nSPS) is 14.3. The number of thiophene rings is 1. The van der Waals surface area contributed by atoms with Gasteiger partial charge in [0.25, 0.3) is 11.8 Å². The topological polar surface area (TPSA) is 67.9 Å². The number of imide groups is 1. The van der Waals surface area contributed by atoms with E-state index < -0.39 is 0 Å². The first-order valence-electron chi connectivity index (χ1n) is 7.73. The summed E-state index contributed by atoms with van der Waals surface area (Å²) in [5.41, 5.74) is 1.27. The Morgan fingerprint density at radius 1 is 1.08 bits per heavy atom. The second kappa shape index (κ2) is 6.98. The number of hydrogen-bond donors (Lipinski definition) is 1. The third-order valence-electron chi connectivity index (χ3n) is 3.87. The number of methoxy groups -OCH3 is 2. The molecule has 1 aliphatic heterocycles. The minimum atomic E-state index is -0.335. The Balaban J connectivity index is 2.06. The molecule has 1 aromatic carbocycles. The molecule has 130 valence electrons. The van der Waals surface area contributed by atoms with Crippen LogP contribution in [-0.4, -0.2) is 37.5 Å². The second-order valence-corrected chi connectivity index (χ2v) is 6.26. The van der Waals surface area contributed by atoms with Crippen LogP contribution in [0.25, 0.3) is 5.57 Å². The second-order valence-electron chi connectivity index (χ2n) is 5.31. The summed E-state index contributed by atoms with van der Waals surface area (Å²) < 4.78 is 10.5. The molecule has 1 N–H and O–H groups in total. The summed E-state index contributed by atoms with van der Waals surface area (Å²) in [4.78, 5) is 27.3. The monoisotopic (exact) mass is 358 g/mol. The molecule has 2 aromatic rings.